The zero-order valence-corrected chi connectivity index (χ0v) is 16.8. The predicted molar refractivity (Wildman–Crippen MR) is 114 cm³/mol. The fraction of sp³-hybridized carbons (Fsp3) is 0.182. The van der Waals surface area contributed by atoms with E-state index in [1.807, 2.05) is 50.2 Å². The van der Waals surface area contributed by atoms with E-state index >= 15 is 0 Å². The van der Waals surface area contributed by atoms with E-state index in [2.05, 4.69) is 34.6 Å². The number of aromatic nitrogens is 3. The molecule has 0 aliphatic heterocycles. The van der Waals surface area contributed by atoms with Gasteiger partial charge in [0.25, 0.3) is 5.91 Å². The number of fused-ring (bicyclic) bond motifs is 1. The summed E-state index contributed by atoms with van der Waals surface area (Å²) >= 11 is 1.40. The number of benzene rings is 2. The first-order valence-corrected chi connectivity index (χ1v) is 9.98. The van der Waals surface area contributed by atoms with E-state index < -0.39 is 0 Å². The second-order valence-corrected chi connectivity index (χ2v) is 7.71. The standard InChI is InChI=1S/C22H20N4OS/c1-4-18-25-26-22(28-18)24-21(27)19-14(3)20(15-11-9-13(2)10-12-15)23-17-8-6-5-7-16(17)19/h5-12H,4H2,1-3H3,(H,24,26,27). The number of anilines is 1. The summed E-state index contributed by atoms with van der Waals surface area (Å²) in [6.07, 6.45) is 0.794. The van der Waals surface area contributed by atoms with Crippen LogP contribution in [0.2, 0.25) is 0 Å². The van der Waals surface area contributed by atoms with Crippen LogP contribution in [-0.4, -0.2) is 21.1 Å². The molecule has 0 bridgehead atoms. The number of aryl methyl sites for hydroxylation is 2. The number of amides is 1. The van der Waals surface area contributed by atoms with Gasteiger partial charge in [-0.05, 0) is 31.9 Å². The minimum absolute atomic E-state index is 0.191. The van der Waals surface area contributed by atoms with Gasteiger partial charge in [-0.25, -0.2) is 4.98 Å². The van der Waals surface area contributed by atoms with Gasteiger partial charge < -0.3 is 0 Å². The van der Waals surface area contributed by atoms with Crippen LogP contribution in [0.3, 0.4) is 0 Å². The third-order valence-corrected chi connectivity index (χ3v) is 5.66. The molecule has 0 saturated carbocycles. The highest BCUT2D eigenvalue weighted by Gasteiger charge is 2.20. The first-order valence-electron chi connectivity index (χ1n) is 9.17. The van der Waals surface area contributed by atoms with E-state index in [9.17, 15) is 4.79 Å². The maximum atomic E-state index is 13.2. The van der Waals surface area contributed by atoms with Crippen LogP contribution in [0.25, 0.3) is 22.2 Å². The van der Waals surface area contributed by atoms with Gasteiger partial charge in [-0.2, -0.15) is 0 Å². The van der Waals surface area contributed by atoms with Gasteiger partial charge >= 0.3 is 0 Å². The molecular weight excluding hydrogens is 368 g/mol. The molecule has 1 amide bonds. The van der Waals surface area contributed by atoms with Crippen LogP contribution in [0.1, 0.15) is 33.4 Å². The molecule has 1 N–H and O–H groups in total. The van der Waals surface area contributed by atoms with E-state index in [0.717, 1.165) is 39.2 Å². The minimum Gasteiger partial charge on any atom is -0.296 e. The van der Waals surface area contributed by atoms with Crippen LogP contribution in [0.5, 0.6) is 0 Å². The molecule has 0 unspecified atom stereocenters. The van der Waals surface area contributed by atoms with Gasteiger partial charge in [0, 0.05) is 10.9 Å². The van der Waals surface area contributed by atoms with E-state index in [1.54, 1.807) is 0 Å². The van der Waals surface area contributed by atoms with Crippen LogP contribution in [0, 0.1) is 13.8 Å². The molecule has 4 rings (SSSR count). The molecule has 2 heterocycles. The Bertz CT molecular complexity index is 1170. The number of carbonyl (C=O) groups excluding carboxylic acids is 1. The largest absolute Gasteiger partial charge is 0.296 e. The van der Waals surface area contributed by atoms with Crippen molar-refractivity contribution in [2.75, 3.05) is 5.32 Å². The number of nitrogens with zero attached hydrogens (tertiary/aromatic N) is 3. The molecule has 0 aliphatic rings. The summed E-state index contributed by atoms with van der Waals surface area (Å²) in [5, 5.41) is 13.3. The van der Waals surface area contributed by atoms with Crippen molar-refractivity contribution in [2.24, 2.45) is 0 Å². The Morgan fingerprint density at radius 1 is 1.04 bits per heavy atom. The van der Waals surface area contributed by atoms with Gasteiger partial charge in [0.05, 0.1) is 16.8 Å². The summed E-state index contributed by atoms with van der Waals surface area (Å²) in [6.45, 7) is 6.01. The average Bonchev–Trinajstić information content (AvgIpc) is 3.15. The maximum Gasteiger partial charge on any atom is 0.258 e. The first-order chi connectivity index (χ1) is 13.6. The van der Waals surface area contributed by atoms with Crippen molar-refractivity contribution in [3.8, 4) is 11.3 Å². The van der Waals surface area contributed by atoms with Crippen molar-refractivity contribution in [3.05, 3.63) is 70.2 Å². The number of hydrogen-bond donors (Lipinski definition) is 1. The third kappa shape index (κ3) is 3.39. The Labute approximate surface area is 167 Å². The fourth-order valence-corrected chi connectivity index (χ4v) is 3.87. The number of rotatable bonds is 4. The molecule has 0 atom stereocenters. The third-order valence-electron chi connectivity index (χ3n) is 4.68. The Morgan fingerprint density at radius 3 is 2.50 bits per heavy atom. The molecule has 0 fully saturated rings. The normalized spacial score (nSPS) is 11.0. The summed E-state index contributed by atoms with van der Waals surface area (Å²) < 4.78 is 0. The Kier molecular flexibility index (Phi) is 4.88. The van der Waals surface area contributed by atoms with E-state index in [4.69, 9.17) is 4.98 Å². The molecule has 28 heavy (non-hydrogen) atoms. The Morgan fingerprint density at radius 2 is 1.79 bits per heavy atom. The zero-order valence-electron chi connectivity index (χ0n) is 16.0. The first kappa shape index (κ1) is 18.3. The van der Waals surface area contributed by atoms with Gasteiger partial charge in [-0.15, -0.1) is 10.2 Å². The summed E-state index contributed by atoms with van der Waals surface area (Å²) in [6, 6.07) is 15.9. The van der Waals surface area contributed by atoms with Crippen molar-refractivity contribution in [1.29, 1.82) is 0 Å². The highest BCUT2D eigenvalue weighted by molar-refractivity contribution is 7.15. The van der Waals surface area contributed by atoms with Crippen LogP contribution in [0.15, 0.2) is 48.5 Å². The second kappa shape index (κ2) is 7.48. The molecule has 4 aromatic rings. The van der Waals surface area contributed by atoms with Gasteiger partial charge in [0.2, 0.25) is 5.13 Å². The molecule has 2 aromatic carbocycles. The molecule has 0 radical (unpaired) electrons. The summed E-state index contributed by atoms with van der Waals surface area (Å²) in [7, 11) is 0. The summed E-state index contributed by atoms with van der Waals surface area (Å²) in [4.78, 5) is 18.0. The molecule has 0 saturated heterocycles. The van der Waals surface area contributed by atoms with E-state index in [0.29, 0.717) is 10.7 Å². The number of carbonyl (C=O) groups is 1. The smallest absolute Gasteiger partial charge is 0.258 e. The highest BCUT2D eigenvalue weighted by atomic mass is 32.1. The molecule has 6 heteroatoms. The molecule has 5 nitrogen and oxygen atoms in total. The van der Waals surface area contributed by atoms with Crippen LogP contribution in [0.4, 0.5) is 5.13 Å². The number of para-hydroxylation sites is 1. The molecule has 0 aliphatic carbocycles. The fourth-order valence-electron chi connectivity index (χ4n) is 3.20. The summed E-state index contributed by atoms with van der Waals surface area (Å²) in [5.74, 6) is -0.191. The van der Waals surface area contributed by atoms with Crippen LogP contribution >= 0.6 is 11.3 Å². The topological polar surface area (TPSA) is 67.8 Å². The Balaban J connectivity index is 1.84. The monoisotopic (exact) mass is 388 g/mol. The highest BCUT2D eigenvalue weighted by Crippen LogP contribution is 2.30. The van der Waals surface area contributed by atoms with E-state index in [-0.39, 0.29) is 5.91 Å². The van der Waals surface area contributed by atoms with Gasteiger partial charge in [-0.3, -0.25) is 10.1 Å². The maximum absolute atomic E-state index is 13.2. The lowest BCUT2D eigenvalue weighted by Gasteiger charge is -2.14. The van der Waals surface area contributed by atoms with Crippen molar-refractivity contribution in [3.63, 3.8) is 0 Å². The summed E-state index contributed by atoms with van der Waals surface area (Å²) in [5.41, 5.74) is 5.25. The number of pyridine rings is 1. The minimum atomic E-state index is -0.191. The van der Waals surface area contributed by atoms with Crippen molar-refractivity contribution >= 4 is 33.3 Å². The predicted octanol–water partition coefficient (Wildman–Crippen LogP) is 5.18. The number of hydrogen-bond acceptors (Lipinski definition) is 5. The quantitative estimate of drug-likeness (QED) is 0.523. The van der Waals surface area contributed by atoms with Crippen molar-refractivity contribution in [2.45, 2.75) is 27.2 Å². The lowest BCUT2D eigenvalue weighted by atomic mass is 9.97. The molecule has 0 spiro atoms. The van der Waals surface area contributed by atoms with Gasteiger partial charge in [0.15, 0.2) is 0 Å². The lowest BCUT2D eigenvalue weighted by molar-refractivity contribution is 0.102. The number of nitrogens with one attached hydrogen (secondary N) is 1. The van der Waals surface area contributed by atoms with E-state index in [1.165, 1.54) is 16.9 Å². The second-order valence-electron chi connectivity index (χ2n) is 6.65. The molecule has 140 valence electrons. The SMILES string of the molecule is CCc1nnc(NC(=O)c2c(C)c(-c3ccc(C)cc3)nc3ccccc23)s1. The van der Waals surface area contributed by atoms with Crippen molar-refractivity contribution < 1.29 is 4.79 Å². The molecular formula is C22H20N4OS. The van der Waals surface area contributed by atoms with Gasteiger partial charge in [-0.1, -0.05) is 66.3 Å². The van der Waals surface area contributed by atoms with Crippen LogP contribution < -0.4 is 5.32 Å². The van der Waals surface area contributed by atoms with Gasteiger partial charge in [0.1, 0.15) is 5.01 Å². The van der Waals surface area contributed by atoms with Crippen LogP contribution in [-0.2, 0) is 6.42 Å². The molecule has 2 aromatic heterocycles. The average molecular weight is 388 g/mol. The lowest BCUT2D eigenvalue weighted by Crippen LogP contribution is -2.15. The van der Waals surface area contributed by atoms with Crippen molar-refractivity contribution in [1.82, 2.24) is 15.2 Å². The zero-order chi connectivity index (χ0) is 19.7. The Hall–Kier alpha value is -3.12.